The molecule has 0 spiro atoms. The highest BCUT2D eigenvalue weighted by Gasteiger charge is 2.20. The third-order valence-corrected chi connectivity index (χ3v) is 4.36. The Morgan fingerprint density at radius 3 is 2.67 bits per heavy atom. The van der Waals surface area contributed by atoms with Crippen molar-refractivity contribution in [3.63, 3.8) is 0 Å². The van der Waals surface area contributed by atoms with Gasteiger partial charge < -0.3 is 14.6 Å². The van der Waals surface area contributed by atoms with Gasteiger partial charge >= 0.3 is 5.97 Å². The highest BCUT2D eigenvalue weighted by Crippen LogP contribution is 2.34. The summed E-state index contributed by atoms with van der Waals surface area (Å²) in [5, 5.41) is 11.5. The fraction of sp³-hybridized carbons (Fsp3) is 0.238. The van der Waals surface area contributed by atoms with Gasteiger partial charge in [0.25, 0.3) is 0 Å². The molecule has 140 valence electrons. The van der Waals surface area contributed by atoms with Crippen LogP contribution in [0.3, 0.4) is 0 Å². The minimum atomic E-state index is -0.686. The summed E-state index contributed by atoms with van der Waals surface area (Å²) in [5.74, 6) is -0.340. The lowest BCUT2D eigenvalue weighted by Crippen LogP contribution is -2.09. The van der Waals surface area contributed by atoms with Gasteiger partial charge in [0.15, 0.2) is 11.4 Å². The Kier molecular flexibility index (Phi) is 6.14. The summed E-state index contributed by atoms with van der Waals surface area (Å²) in [7, 11) is 0. The van der Waals surface area contributed by atoms with Crippen LogP contribution in [0.2, 0.25) is 5.15 Å². The number of nitrogens with zero attached hydrogens (tertiary/aromatic N) is 1. The van der Waals surface area contributed by atoms with Crippen molar-refractivity contribution < 1.29 is 19.4 Å². The number of rotatable bonds is 7. The first-order valence-electron chi connectivity index (χ1n) is 8.76. The largest absolute Gasteiger partial charge is 0.505 e. The molecule has 0 bridgehead atoms. The van der Waals surface area contributed by atoms with Crippen LogP contribution in [0.25, 0.3) is 10.8 Å². The molecule has 1 N–H and O–H groups in total. The lowest BCUT2D eigenvalue weighted by molar-refractivity contribution is 0.0489. The molecule has 3 rings (SSSR count). The van der Waals surface area contributed by atoms with Gasteiger partial charge in [-0.1, -0.05) is 55.3 Å². The third-order valence-electron chi connectivity index (χ3n) is 4.08. The summed E-state index contributed by atoms with van der Waals surface area (Å²) in [6.07, 6.45) is 1.65. The number of esters is 1. The first-order chi connectivity index (χ1) is 13.1. The van der Waals surface area contributed by atoms with Gasteiger partial charge in [-0.3, -0.25) is 0 Å². The SMILES string of the molecule is CCCCOC(=O)c1nc(Cl)c2cc(OCc3ccccc3)ccc2c1O. The average molecular weight is 386 g/mol. The first kappa shape index (κ1) is 19.0. The minimum absolute atomic E-state index is 0.107. The second-order valence-electron chi connectivity index (χ2n) is 6.07. The van der Waals surface area contributed by atoms with E-state index in [1.54, 1.807) is 18.2 Å². The fourth-order valence-electron chi connectivity index (χ4n) is 2.59. The first-order valence-corrected chi connectivity index (χ1v) is 9.14. The van der Waals surface area contributed by atoms with E-state index in [1.165, 1.54) is 0 Å². The molecular weight excluding hydrogens is 366 g/mol. The van der Waals surface area contributed by atoms with Crippen molar-refractivity contribution in [1.29, 1.82) is 0 Å². The molecule has 1 heterocycles. The van der Waals surface area contributed by atoms with Crippen molar-refractivity contribution in [2.24, 2.45) is 0 Å². The number of aromatic nitrogens is 1. The molecule has 0 atom stereocenters. The number of pyridine rings is 1. The molecule has 6 heteroatoms. The summed E-state index contributed by atoms with van der Waals surface area (Å²) < 4.78 is 10.9. The summed E-state index contributed by atoms with van der Waals surface area (Å²) in [6.45, 7) is 2.68. The zero-order chi connectivity index (χ0) is 19.2. The van der Waals surface area contributed by atoms with Crippen LogP contribution in [0.15, 0.2) is 48.5 Å². The molecule has 0 radical (unpaired) electrons. The van der Waals surface area contributed by atoms with Crippen molar-refractivity contribution in [3.05, 3.63) is 64.9 Å². The maximum atomic E-state index is 12.1. The molecule has 5 nitrogen and oxygen atoms in total. The van der Waals surface area contributed by atoms with Crippen LogP contribution in [0, 0.1) is 0 Å². The van der Waals surface area contributed by atoms with Gasteiger partial charge in [0.2, 0.25) is 0 Å². The second-order valence-corrected chi connectivity index (χ2v) is 6.43. The fourth-order valence-corrected chi connectivity index (χ4v) is 2.83. The van der Waals surface area contributed by atoms with E-state index in [-0.39, 0.29) is 23.2 Å². The molecule has 0 fully saturated rings. The Morgan fingerprint density at radius 1 is 1.15 bits per heavy atom. The van der Waals surface area contributed by atoms with Gasteiger partial charge in [-0.05, 0) is 30.2 Å². The van der Waals surface area contributed by atoms with Gasteiger partial charge in [0.05, 0.1) is 6.61 Å². The predicted molar refractivity (Wildman–Crippen MR) is 104 cm³/mol. The molecular formula is C21H20ClNO4. The van der Waals surface area contributed by atoms with Gasteiger partial charge in [0, 0.05) is 10.8 Å². The summed E-state index contributed by atoms with van der Waals surface area (Å²) in [5.41, 5.74) is 0.858. The maximum absolute atomic E-state index is 12.1. The number of hydrogen-bond donors (Lipinski definition) is 1. The molecule has 0 aliphatic heterocycles. The molecule has 0 saturated heterocycles. The van der Waals surface area contributed by atoms with Crippen LogP contribution in [0.4, 0.5) is 0 Å². The number of ether oxygens (including phenoxy) is 2. The molecule has 1 aromatic heterocycles. The topological polar surface area (TPSA) is 68.7 Å². The molecule has 27 heavy (non-hydrogen) atoms. The van der Waals surface area contributed by atoms with E-state index in [1.807, 2.05) is 37.3 Å². The van der Waals surface area contributed by atoms with Crippen LogP contribution >= 0.6 is 11.6 Å². The molecule has 3 aromatic rings. The summed E-state index contributed by atoms with van der Waals surface area (Å²) in [4.78, 5) is 16.2. The van der Waals surface area contributed by atoms with E-state index in [0.717, 1.165) is 18.4 Å². The van der Waals surface area contributed by atoms with Crippen molar-refractivity contribution >= 4 is 28.3 Å². The molecule has 2 aromatic carbocycles. The van der Waals surface area contributed by atoms with Crippen LogP contribution in [-0.4, -0.2) is 22.7 Å². The highest BCUT2D eigenvalue weighted by atomic mass is 35.5. The van der Waals surface area contributed by atoms with Crippen molar-refractivity contribution in [2.75, 3.05) is 6.61 Å². The highest BCUT2D eigenvalue weighted by molar-refractivity contribution is 6.35. The normalized spacial score (nSPS) is 10.7. The van der Waals surface area contributed by atoms with E-state index < -0.39 is 5.97 Å². The third kappa shape index (κ3) is 4.49. The summed E-state index contributed by atoms with van der Waals surface area (Å²) in [6, 6.07) is 14.8. The van der Waals surface area contributed by atoms with Crippen LogP contribution in [0.1, 0.15) is 35.8 Å². The van der Waals surface area contributed by atoms with Crippen molar-refractivity contribution in [2.45, 2.75) is 26.4 Å². The quantitative estimate of drug-likeness (QED) is 0.347. The standard InChI is InChI=1S/C21H20ClNO4/c1-2-3-11-26-21(25)18-19(24)16-10-9-15(12-17(16)20(22)23-18)27-13-14-7-5-4-6-8-14/h4-10,12,24H,2-3,11,13H2,1H3. The Balaban J connectivity index is 1.84. The van der Waals surface area contributed by atoms with E-state index in [4.69, 9.17) is 21.1 Å². The van der Waals surface area contributed by atoms with Gasteiger partial charge in [-0.2, -0.15) is 0 Å². The average Bonchev–Trinajstić information content (AvgIpc) is 2.70. The van der Waals surface area contributed by atoms with E-state index >= 15 is 0 Å². The molecule has 0 aliphatic carbocycles. The number of halogens is 1. The Morgan fingerprint density at radius 2 is 1.93 bits per heavy atom. The number of aromatic hydroxyl groups is 1. The number of benzene rings is 2. The number of carbonyl (C=O) groups is 1. The van der Waals surface area contributed by atoms with Crippen molar-refractivity contribution in [1.82, 2.24) is 4.98 Å². The van der Waals surface area contributed by atoms with Crippen LogP contribution in [-0.2, 0) is 11.3 Å². The number of unbranched alkanes of at least 4 members (excludes halogenated alkanes) is 1. The predicted octanol–water partition coefficient (Wildman–Crippen LogP) is 5.13. The minimum Gasteiger partial charge on any atom is -0.505 e. The van der Waals surface area contributed by atoms with Crippen LogP contribution in [0.5, 0.6) is 11.5 Å². The van der Waals surface area contributed by atoms with Crippen molar-refractivity contribution in [3.8, 4) is 11.5 Å². The smallest absolute Gasteiger partial charge is 0.360 e. The van der Waals surface area contributed by atoms with Crippen LogP contribution < -0.4 is 4.74 Å². The summed E-state index contributed by atoms with van der Waals surface area (Å²) >= 11 is 6.24. The lowest BCUT2D eigenvalue weighted by Gasteiger charge is -2.11. The molecule has 0 unspecified atom stereocenters. The van der Waals surface area contributed by atoms with E-state index in [2.05, 4.69) is 4.98 Å². The van der Waals surface area contributed by atoms with E-state index in [0.29, 0.717) is 23.1 Å². The zero-order valence-electron chi connectivity index (χ0n) is 14.9. The zero-order valence-corrected chi connectivity index (χ0v) is 15.7. The number of fused-ring (bicyclic) bond motifs is 1. The Bertz CT molecular complexity index is 944. The maximum Gasteiger partial charge on any atom is 0.360 e. The number of hydrogen-bond acceptors (Lipinski definition) is 5. The Hall–Kier alpha value is -2.79. The monoisotopic (exact) mass is 385 g/mol. The molecule has 0 aliphatic rings. The Labute approximate surface area is 162 Å². The second kappa shape index (κ2) is 8.73. The van der Waals surface area contributed by atoms with Gasteiger partial charge in [0.1, 0.15) is 17.5 Å². The lowest BCUT2D eigenvalue weighted by atomic mass is 10.1. The van der Waals surface area contributed by atoms with Gasteiger partial charge in [-0.25, -0.2) is 9.78 Å². The van der Waals surface area contributed by atoms with Gasteiger partial charge in [-0.15, -0.1) is 0 Å². The molecule has 0 amide bonds. The number of carbonyl (C=O) groups excluding carboxylic acids is 1. The molecule has 0 saturated carbocycles. The van der Waals surface area contributed by atoms with E-state index in [9.17, 15) is 9.90 Å².